The van der Waals surface area contributed by atoms with E-state index in [-0.39, 0.29) is 26.9 Å². The summed E-state index contributed by atoms with van der Waals surface area (Å²) in [6.45, 7) is 1.06. The zero-order chi connectivity index (χ0) is 38.0. The Labute approximate surface area is 294 Å². The first-order valence-corrected chi connectivity index (χ1v) is 18.6. The van der Waals surface area contributed by atoms with Gasteiger partial charge in [0.25, 0.3) is 36.3 Å². The number of fused-ring (bicyclic) bond motifs is 1. The molecular formula is C31H24N6O12S3. The van der Waals surface area contributed by atoms with E-state index in [4.69, 9.17) is 4.55 Å². The van der Waals surface area contributed by atoms with Gasteiger partial charge < -0.3 is 15.7 Å². The van der Waals surface area contributed by atoms with Gasteiger partial charge in [0.2, 0.25) is 5.91 Å². The Morgan fingerprint density at radius 3 is 1.58 bits per heavy atom. The standard InChI is InChI=1S/C31H24N6O12S3/c1-17(38)32-26-16-25-19(14-27(26)51(44,45)46)15-28(52(47,48)49)29(30(25)39)37-36-21-4-2-18(3-5-21)31(40)33-20-6-8-22(9-7-20)34-35-23-10-12-24(13-11-23)50(41,42)43/h2-16,39H,1H3,(H,32,38)(H,33,40)(H,41,42,43)(H,44,45,46)(H,47,48,49). The maximum absolute atomic E-state index is 12.8. The zero-order valence-electron chi connectivity index (χ0n) is 26.2. The van der Waals surface area contributed by atoms with Crippen LogP contribution in [-0.2, 0) is 35.1 Å². The molecule has 2 amide bonds. The quantitative estimate of drug-likeness (QED) is 0.0671. The molecule has 6 N–H and O–H groups in total. The number of amides is 2. The van der Waals surface area contributed by atoms with Gasteiger partial charge in [-0.05, 0) is 96.4 Å². The fraction of sp³-hybridized carbons (Fsp3) is 0.0323. The Hall–Kier alpha value is -5.97. The van der Waals surface area contributed by atoms with E-state index in [1.165, 1.54) is 48.5 Å². The molecule has 18 nitrogen and oxygen atoms in total. The SMILES string of the molecule is CC(=O)Nc1cc2c(O)c(N=Nc3ccc(C(=O)Nc4ccc(N=Nc5ccc(S(=O)(=O)O)cc5)cc4)cc3)c(S(=O)(=O)O)cc2cc1S(=O)(=O)O. The number of benzene rings is 5. The number of phenols is 1. The van der Waals surface area contributed by atoms with Gasteiger partial charge in [-0.25, -0.2) is 0 Å². The van der Waals surface area contributed by atoms with Crippen molar-refractivity contribution in [3.8, 4) is 5.75 Å². The van der Waals surface area contributed by atoms with Crippen molar-refractivity contribution in [1.82, 2.24) is 0 Å². The Kier molecular flexibility index (Phi) is 10.3. The molecule has 0 fully saturated rings. The van der Waals surface area contributed by atoms with Crippen molar-refractivity contribution in [3.05, 3.63) is 96.6 Å². The van der Waals surface area contributed by atoms with Crippen molar-refractivity contribution < 1.29 is 53.6 Å². The lowest BCUT2D eigenvalue weighted by Crippen LogP contribution is -2.11. The van der Waals surface area contributed by atoms with E-state index in [1.807, 2.05) is 0 Å². The van der Waals surface area contributed by atoms with Crippen LogP contribution in [0.25, 0.3) is 10.8 Å². The van der Waals surface area contributed by atoms with Crippen molar-refractivity contribution in [2.45, 2.75) is 21.6 Å². The van der Waals surface area contributed by atoms with Crippen LogP contribution in [0, 0.1) is 0 Å². The minimum Gasteiger partial charge on any atom is -0.505 e. The largest absolute Gasteiger partial charge is 0.505 e. The summed E-state index contributed by atoms with van der Waals surface area (Å²) in [7, 11) is -14.4. The van der Waals surface area contributed by atoms with Crippen LogP contribution in [0.3, 0.4) is 0 Å². The normalized spacial score (nSPS) is 12.4. The van der Waals surface area contributed by atoms with Crippen molar-refractivity contribution in [2.75, 3.05) is 10.6 Å². The van der Waals surface area contributed by atoms with Crippen LogP contribution in [-0.4, -0.2) is 55.8 Å². The maximum atomic E-state index is 12.8. The van der Waals surface area contributed by atoms with Gasteiger partial charge in [0.1, 0.15) is 15.5 Å². The minimum atomic E-state index is -5.09. The van der Waals surface area contributed by atoms with Gasteiger partial charge >= 0.3 is 0 Å². The number of carbonyl (C=O) groups excluding carboxylic acids is 2. The summed E-state index contributed by atoms with van der Waals surface area (Å²) in [6, 6.07) is 19.3. The van der Waals surface area contributed by atoms with E-state index >= 15 is 0 Å². The molecule has 0 aliphatic rings. The summed E-state index contributed by atoms with van der Waals surface area (Å²) in [6.07, 6.45) is 0. The van der Waals surface area contributed by atoms with E-state index in [0.29, 0.717) is 17.1 Å². The second-order valence-electron chi connectivity index (χ2n) is 10.7. The van der Waals surface area contributed by atoms with Crippen LogP contribution in [0.1, 0.15) is 17.3 Å². The van der Waals surface area contributed by atoms with E-state index in [2.05, 4.69) is 31.1 Å². The third-order valence-corrected chi connectivity index (χ3v) is 9.58. The van der Waals surface area contributed by atoms with E-state index in [1.54, 1.807) is 24.3 Å². The second kappa shape index (κ2) is 14.3. The van der Waals surface area contributed by atoms with Crippen LogP contribution in [0.2, 0.25) is 0 Å². The van der Waals surface area contributed by atoms with Gasteiger partial charge in [0.15, 0.2) is 5.75 Å². The molecule has 0 aliphatic heterocycles. The lowest BCUT2D eigenvalue weighted by Gasteiger charge is -2.13. The Morgan fingerprint density at radius 2 is 1.08 bits per heavy atom. The minimum absolute atomic E-state index is 0.0836. The van der Waals surface area contributed by atoms with Gasteiger partial charge in [-0.2, -0.15) is 40.6 Å². The number of azo groups is 2. The summed E-state index contributed by atoms with van der Waals surface area (Å²) in [4.78, 5) is 22.4. The maximum Gasteiger partial charge on any atom is 0.296 e. The first-order chi connectivity index (χ1) is 24.3. The molecular weight excluding hydrogens is 745 g/mol. The molecule has 0 atom stereocenters. The van der Waals surface area contributed by atoms with Crippen LogP contribution < -0.4 is 10.6 Å². The van der Waals surface area contributed by atoms with Crippen LogP contribution in [0.4, 0.5) is 34.1 Å². The van der Waals surface area contributed by atoms with E-state index in [0.717, 1.165) is 25.1 Å². The zero-order valence-corrected chi connectivity index (χ0v) is 28.7. The van der Waals surface area contributed by atoms with Gasteiger partial charge in [0, 0.05) is 23.6 Å². The third kappa shape index (κ3) is 8.84. The lowest BCUT2D eigenvalue weighted by atomic mass is 10.1. The number of nitrogens with one attached hydrogen (secondary N) is 2. The predicted octanol–water partition coefficient (Wildman–Crippen LogP) is 6.33. The number of anilines is 2. The smallest absolute Gasteiger partial charge is 0.296 e. The lowest BCUT2D eigenvalue weighted by molar-refractivity contribution is -0.114. The molecule has 0 saturated heterocycles. The number of nitrogens with zero attached hydrogens (tertiary/aromatic N) is 4. The molecule has 5 aromatic carbocycles. The number of phenolic OH excluding ortho intramolecular Hbond substituents is 1. The van der Waals surface area contributed by atoms with E-state index in [9.17, 15) is 49.1 Å². The monoisotopic (exact) mass is 768 g/mol. The summed E-state index contributed by atoms with van der Waals surface area (Å²) in [5.74, 6) is -2.10. The molecule has 5 rings (SSSR count). The molecule has 52 heavy (non-hydrogen) atoms. The Balaban J connectivity index is 1.33. The van der Waals surface area contributed by atoms with Gasteiger partial charge in [0.05, 0.1) is 27.6 Å². The first-order valence-electron chi connectivity index (χ1n) is 14.3. The summed E-state index contributed by atoms with van der Waals surface area (Å²) >= 11 is 0. The number of hydrogen-bond acceptors (Lipinski definition) is 13. The molecule has 0 aromatic heterocycles. The van der Waals surface area contributed by atoms with E-state index < -0.39 is 69.1 Å². The third-order valence-electron chi connectivity index (χ3n) is 6.95. The topological polar surface area (TPSA) is 291 Å². The Morgan fingerprint density at radius 1 is 0.596 bits per heavy atom. The molecule has 0 radical (unpaired) electrons. The van der Waals surface area contributed by atoms with Crippen molar-refractivity contribution in [1.29, 1.82) is 0 Å². The summed E-state index contributed by atoms with van der Waals surface area (Å²) in [5, 5.41) is 31.1. The molecule has 5 aromatic rings. The average Bonchev–Trinajstić information content (AvgIpc) is 3.06. The van der Waals surface area contributed by atoms with Crippen molar-refractivity contribution in [2.24, 2.45) is 20.5 Å². The molecule has 0 heterocycles. The van der Waals surface area contributed by atoms with Gasteiger partial charge in [-0.3, -0.25) is 23.2 Å². The second-order valence-corrected chi connectivity index (χ2v) is 14.9. The highest BCUT2D eigenvalue weighted by Crippen LogP contribution is 2.43. The van der Waals surface area contributed by atoms with Crippen molar-refractivity contribution in [3.63, 3.8) is 0 Å². The van der Waals surface area contributed by atoms with Gasteiger partial charge in [-0.15, -0.1) is 5.11 Å². The molecule has 0 unspecified atom stereocenters. The fourth-order valence-electron chi connectivity index (χ4n) is 4.57. The molecule has 0 saturated carbocycles. The van der Waals surface area contributed by atoms with Crippen LogP contribution in [0.5, 0.6) is 5.75 Å². The highest BCUT2D eigenvalue weighted by atomic mass is 32.2. The molecule has 0 aliphatic carbocycles. The fourth-order valence-corrected chi connectivity index (χ4v) is 6.37. The number of hydrogen-bond donors (Lipinski definition) is 6. The highest BCUT2D eigenvalue weighted by molar-refractivity contribution is 7.86. The predicted molar refractivity (Wildman–Crippen MR) is 185 cm³/mol. The summed E-state index contributed by atoms with van der Waals surface area (Å²) in [5.41, 5.74) is 0.249. The number of aromatic hydroxyl groups is 1. The Bertz CT molecular complexity index is 2630. The summed E-state index contributed by atoms with van der Waals surface area (Å²) < 4.78 is 99.1. The molecule has 268 valence electrons. The highest BCUT2D eigenvalue weighted by Gasteiger charge is 2.25. The number of carbonyl (C=O) groups is 2. The van der Waals surface area contributed by atoms with Crippen LogP contribution >= 0.6 is 0 Å². The first kappa shape index (κ1) is 37.3. The molecule has 0 spiro atoms. The van der Waals surface area contributed by atoms with Gasteiger partial charge in [-0.1, -0.05) is 0 Å². The number of rotatable bonds is 10. The van der Waals surface area contributed by atoms with Crippen LogP contribution in [0.15, 0.2) is 126 Å². The molecule has 0 bridgehead atoms. The molecule has 21 heteroatoms. The average molecular weight is 769 g/mol. The van der Waals surface area contributed by atoms with Crippen molar-refractivity contribution >= 4 is 87.1 Å².